The smallest absolute Gasteiger partial charge is 0.255 e. The molecular formula is C29H34N8O3. The molecule has 3 aliphatic rings. The Labute approximate surface area is 233 Å². The van der Waals surface area contributed by atoms with Gasteiger partial charge in [0.1, 0.15) is 12.5 Å². The van der Waals surface area contributed by atoms with Gasteiger partial charge in [-0.3, -0.25) is 9.59 Å². The van der Waals surface area contributed by atoms with Crippen LogP contribution in [0.3, 0.4) is 0 Å². The number of carbonyl (C=O) groups is 2. The van der Waals surface area contributed by atoms with Gasteiger partial charge in [-0.1, -0.05) is 12.1 Å². The summed E-state index contributed by atoms with van der Waals surface area (Å²) in [6.45, 7) is 6.28. The lowest BCUT2D eigenvalue weighted by atomic mass is 10.1. The number of piperazine rings is 1. The number of rotatable bonds is 6. The number of likely N-dealkylation sites (N-methyl/N-ethyl adjacent to an activating group) is 1. The molecule has 40 heavy (non-hydrogen) atoms. The van der Waals surface area contributed by atoms with Crippen molar-refractivity contribution in [1.82, 2.24) is 29.2 Å². The van der Waals surface area contributed by atoms with Crippen LogP contribution in [0.4, 0.5) is 11.5 Å². The Balaban J connectivity index is 1.17. The number of fused-ring (bicyclic) bond motifs is 1. The highest BCUT2D eigenvalue weighted by Gasteiger charge is 2.23. The van der Waals surface area contributed by atoms with E-state index in [9.17, 15) is 9.59 Å². The first-order valence-electron chi connectivity index (χ1n) is 13.7. The highest BCUT2D eigenvalue weighted by Crippen LogP contribution is 2.27. The maximum atomic E-state index is 12.9. The SMILES string of the molecule is CN1CCN(C(=O)Cc2cccc(N3C=C(Nc4ccc(C(=O)N5CCOCC5)cn4)c4nccn4C3)c2)CC1. The molecule has 1 aromatic carbocycles. The number of hydrogen-bond donors (Lipinski definition) is 1. The van der Waals surface area contributed by atoms with E-state index in [0.717, 1.165) is 49.0 Å². The molecule has 0 spiro atoms. The van der Waals surface area contributed by atoms with Crippen molar-refractivity contribution in [2.45, 2.75) is 13.1 Å². The second-order valence-electron chi connectivity index (χ2n) is 10.4. The number of amides is 2. The van der Waals surface area contributed by atoms with Gasteiger partial charge in [-0.05, 0) is 36.9 Å². The van der Waals surface area contributed by atoms with Crippen LogP contribution in [-0.2, 0) is 22.6 Å². The minimum absolute atomic E-state index is 0.0352. The molecule has 3 aliphatic heterocycles. The average Bonchev–Trinajstić information content (AvgIpc) is 3.47. The summed E-state index contributed by atoms with van der Waals surface area (Å²) in [4.78, 5) is 42.9. The Hall–Kier alpha value is -4.22. The summed E-state index contributed by atoms with van der Waals surface area (Å²) in [5.74, 6) is 1.55. The molecule has 11 nitrogen and oxygen atoms in total. The molecule has 0 saturated carbocycles. The van der Waals surface area contributed by atoms with Crippen LogP contribution in [0.15, 0.2) is 61.2 Å². The lowest BCUT2D eigenvalue weighted by molar-refractivity contribution is -0.132. The van der Waals surface area contributed by atoms with E-state index in [1.165, 1.54) is 0 Å². The molecule has 0 radical (unpaired) electrons. The summed E-state index contributed by atoms with van der Waals surface area (Å²) < 4.78 is 7.40. The molecule has 6 rings (SSSR count). The molecule has 2 amide bonds. The monoisotopic (exact) mass is 542 g/mol. The van der Waals surface area contributed by atoms with Gasteiger partial charge in [-0.25, -0.2) is 9.97 Å². The van der Waals surface area contributed by atoms with Gasteiger partial charge < -0.3 is 34.2 Å². The Bertz CT molecular complexity index is 1390. The number of pyridine rings is 1. The van der Waals surface area contributed by atoms with E-state index in [4.69, 9.17) is 4.74 Å². The number of anilines is 2. The normalized spacial score (nSPS) is 17.8. The van der Waals surface area contributed by atoms with Gasteiger partial charge in [0.25, 0.3) is 5.91 Å². The first-order valence-corrected chi connectivity index (χ1v) is 13.7. The summed E-state index contributed by atoms with van der Waals surface area (Å²) in [6, 6.07) is 11.7. The zero-order valence-electron chi connectivity index (χ0n) is 22.7. The molecule has 0 unspecified atom stereocenters. The number of nitrogens with zero attached hydrogens (tertiary/aromatic N) is 7. The first kappa shape index (κ1) is 26.0. The van der Waals surface area contributed by atoms with Crippen molar-refractivity contribution < 1.29 is 14.3 Å². The zero-order chi connectivity index (χ0) is 27.5. The number of benzene rings is 1. The molecule has 2 aromatic heterocycles. The second-order valence-corrected chi connectivity index (χ2v) is 10.4. The number of hydrogen-bond acceptors (Lipinski definition) is 8. The molecule has 0 bridgehead atoms. The van der Waals surface area contributed by atoms with Crippen LogP contribution in [-0.4, -0.2) is 101 Å². The minimum atomic E-state index is -0.0352. The maximum absolute atomic E-state index is 12.9. The fourth-order valence-corrected chi connectivity index (χ4v) is 5.20. The fraction of sp³-hybridized carbons (Fsp3) is 0.379. The van der Waals surface area contributed by atoms with E-state index in [0.29, 0.717) is 50.8 Å². The molecular weight excluding hydrogens is 508 g/mol. The Kier molecular flexibility index (Phi) is 7.47. The third-order valence-electron chi connectivity index (χ3n) is 7.57. The fourth-order valence-electron chi connectivity index (χ4n) is 5.20. The standard InChI is InChI=1S/C29H34N8O3/c1-33-9-11-34(12-10-33)27(38)18-22-3-2-4-24(17-22)37-20-25(28-30-7-8-36(28)21-37)32-26-6-5-23(19-31-26)29(39)35-13-15-40-16-14-35/h2-8,17,19-20H,9-16,18,21H2,1H3,(H,31,32). The Morgan fingerprint density at radius 1 is 0.975 bits per heavy atom. The summed E-state index contributed by atoms with van der Waals surface area (Å²) in [5, 5.41) is 3.38. The topological polar surface area (TPSA) is 99.1 Å². The highest BCUT2D eigenvalue weighted by atomic mass is 16.5. The molecule has 11 heteroatoms. The van der Waals surface area contributed by atoms with E-state index in [1.807, 2.05) is 41.6 Å². The third kappa shape index (κ3) is 5.70. The minimum Gasteiger partial charge on any atom is -0.378 e. The van der Waals surface area contributed by atoms with Crippen molar-refractivity contribution in [2.24, 2.45) is 0 Å². The van der Waals surface area contributed by atoms with Gasteiger partial charge in [-0.2, -0.15) is 0 Å². The van der Waals surface area contributed by atoms with E-state index in [2.05, 4.69) is 42.8 Å². The largest absolute Gasteiger partial charge is 0.378 e. The molecule has 2 saturated heterocycles. The second kappa shape index (κ2) is 11.5. The third-order valence-corrected chi connectivity index (χ3v) is 7.57. The van der Waals surface area contributed by atoms with Gasteiger partial charge >= 0.3 is 0 Å². The lowest BCUT2D eigenvalue weighted by Crippen LogP contribution is -2.47. The first-order chi connectivity index (χ1) is 19.5. The lowest BCUT2D eigenvalue weighted by Gasteiger charge is -2.32. The quantitative estimate of drug-likeness (QED) is 0.505. The zero-order valence-corrected chi connectivity index (χ0v) is 22.7. The predicted octanol–water partition coefficient (Wildman–Crippen LogP) is 1.96. The average molecular weight is 543 g/mol. The highest BCUT2D eigenvalue weighted by molar-refractivity contribution is 5.94. The predicted molar refractivity (Wildman–Crippen MR) is 151 cm³/mol. The summed E-state index contributed by atoms with van der Waals surface area (Å²) in [6.07, 6.45) is 7.72. The summed E-state index contributed by atoms with van der Waals surface area (Å²) >= 11 is 0. The number of aromatic nitrogens is 3. The van der Waals surface area contributed by atoms with Crippen LogP contribution in [0.2, 0.25) is 0 Å². The van der Waals surface area contributed by atoms with Gasteiger partial charge in [0.05, 0.1) is 30.9 Å². The number of ether oxygens (including phenoxy) is 1. The molecule has 0 aliphatic carbocycles. The Morgan fingerprint density at radius 2 is 1.80 bits per heavy atom. The van der Waals surface area contributed by atoms with Crippen LogP contribution >= 0.6 is 0 Å². The van der Waals surface area contributed by atoms with E-state index >= 15 is 0 Å². The molecule has 1 N–H and O–H groups in total. The number of nitrogens with one attached hydrogen (secondary N) is 1. The van der Waals surface area contributed by atoms with Gasteiger partial charge in [-0.15, -0.1) is 0 Å². The van der Waals surface area contributed by atoms with Crippen LogP contribution < -0.4 is 10.2 Å². The maximum Gasteiger partial charge on any atom is 0.255 e. The van der Waals surface area contributed by atoms with E-state index in [-0.39, 0.29) is 11.8 Å². The van der Waals surface area contributed by atoms with Crippen molar-refractivity contribution in [3.63, 3.8) is 0 Å². The van der Waals surface area contributed by atoms with Crippen LogP contribution in [0, 0.1) is 0 Å². The summed E-state index contributed by atoms with van der Waals surface area (Å²) in [5.41, 5.74) is 3.32. The molecule has 3 aromatic rings. The van der Waals surface area contributed by atoms with Gasteiger partial charge in [0.2, 0.25) is 5.91 Å². The van der Waals surface area contributed by atoms with E-state index < -0.39 is 0 Å². The van der Waals surface area contributed by atoms with Crippen molar-refractivity contribution in [3.8, 4) is 0 Å². The molecule has 5 heterocycles. The molecule has 0 atom stereocenters. The van der Waals surface area contributed by atoms with Crippen molar-refractivity contribution in [1.29, 1.82) is 0 Å². The number of imidazole rings is 1. The summed E-state index contributed by atoms with van der Waals surface area (Å²) in [7, 11) is 2.09. The van der Waals surface area contributed by atoms with Crippen LogP contribution in [0.25, 0.3) is 5.70 Å². The van der Waals surface area contributed by atoms with E-state index in [1.54, 1.807) is 23.4 Å². The Morgan fingerprint density at radius 3 is 2.58 bits per heavy atom. The van der Waals surface area contributed by atoms with Crippen molar-refractivity contribution in [2.75, 3.05) is 69.7 Å². The molecule has 208 valence electrons. The van der Waals surface area contributed by atoms with Gasteiger partial charge in [0, 0.05) is 69.7 Å². The number of morpholine rings is 1. The van der Waals surface area contributed by atoms with Crippen LogP contribution in [0.5, 0.6) is 0 Å². The molecule has 2 fully saturated rings. The van der Waals surface area contributed by atoms with Gasteiger partial charge in [0.15, 0.2) is 5.82 Å². The van der Waals surface area contributed by atoms with Crippen LogP contribution in [0.1, 0.15) is 21.7 Å². The number of carbonyl (C=O) groups excluding carboxylic acids is 2. The van der Waals surface area contributed by atoms with Crippen molar-refractivity contribution in [3.05, 3.63) is 78.1 Å². The van der Waals surface area contributed by atoms with Crippen molar-refractivity contribution >= 4 is 29.0 Å².